The van der Waals surface area contributed by atoms with Gasteiger partial charge in [0.25, 0.3) is 0 Å². The molecule has 1 heterocycles. The first-order valence-electron chi connectivity index (χ1n) is 7.04. The third-order valence-corrected chi connectivity index (χ3v) is 3.16. The first-order chi connectivity index (χ1) is 10.2. The summed E-state index contributed by atoms with van der Waals surface area (Å²) in [4.78, 5) is 4.34. The molecule has 1 unspecified atom stereocenters. The lowest BCUT2D eigenvalue weighted by Gasteiger charge is -2.16. The molecule has 0 amide bonds. The molecule has 0 saturated carbocycles. The zero-order valence-electron chi connectivity index (χ0n) is 12.4. The van der Waals surface area contributed by atoms with E-state index in [-0.39, 0.29) is 6.04 Å². The number of unbranched alkanes of at least 4 members (excludes halogenated alkanes) is 1. The summed E-state index contributed by atoms with van der Waals surface area (Å²) in [5.41, 5.74) is 0.989. The van der Waals surface area contributed by atoms with E-state index < -0.39 is 0 Å². The normalized spacial score (nSPS) is 11.7. The summed E-state index contributed by atoms with van der Waals surface area (Å²) in [7, 11) is 1.98. The van der Waals surface area contributed by atoms with Crippen LogP contribution < -0.4 is 10.1 Å². The topological polar surface area (TPSA) is 62.9 Å². The minimum atomic E-state index is 0.110. The Morgan fingerprint density at radius 1 is 1.48 bits per heavy atom. The van der Waals surface area contributed by atoms with Crippen LogP contribution >= 0.6 is 0 Å². The number of aryl methyl sites for hydroxylation is 1. The first-order valence-corrected chi connectivity index (χ1v) is 7.04. The minimum absolute atomic E-state index is 0.110. The van der Waals surface area contributed by atoms with Gasteiger partial charge in [-0.15, -0.1) is 0 Å². The van der Waals surface area contributed by atoms with Crippen molar-refractivity contribution < 1.29 is 4.74 Å². The van der Waals surface area contributed by atoms with E-state index in [1.807, 2.05) is 42.1 Å². The summed E-state index contributed by atoms with van der Waals surface area (Å²) < 4.78 is 7.63. The average molecular weight is 284 g/mol. The Hall–Kier alpha value is -2.48. The molecule has 1 atom stereocenters. The highest BCUT2D eigenvalue weighted by Crippen LogP contribution is 2.22. The minimum Gasteiger partial charge on any atom is -0.493 e. The van der Waals surface area contributed by atoms with E-state index >= 15 is 0 Å². The maximum absolute atomic E-state index is 8.50. The molecule has 1 aromatic carbocycles. The Morgan fingerprint density at radius 3 is 3.05 bits per heavy atom. The average Bonchev–Trinajstić information content (AvgIpc) is 2.90. The number of nitrogens with zero attached hydrogens (tertiary/aromatic N) is 3. The fourth-order valence-corrected chi connectivity index (χ4v) is 2.13. The molecule has 0 fully saturated rings. The van der Waals surface area contributed by atoms with Gasteiger partial charge >= 0.3 is 0 Å². The van der Waals surface area contributed by atoms with E-state index in [0.29, 0.717) is 13.0 Å². The molecular weight excluding hydrogens is 264 g/mol. The fourth-order valence-electron chi connectivity index (χ4n) is 2.13. The molecule has 21 heavy (non-hydrogen) atoms. The van der Waals surface area contributed by atoms with Gasteiger partial charge in [-0.1, -0.05) is 6.07 Å². The van der Waals surface area contributed by atoms with Gasteiger partial charge < -0.3 is 14.6 Å². The first kappa shape index (κ1) is 14.9. The molecule has 2 aromatic rings. The predicted octanol–water partition coefficient (Wildman–Crippen LogP) is 3.28. The van der Waals surface area contributed by atoms with Crippen LogP contribution in [0.3, 0.4) is 0 Å². The second-order valence-corrected chi connectivity index (χ2v) is 4.90. The molecule has 0 aliphatic heterocycles. The Balaban J connectivity index is 1.95. The summed E-state index contributed by atoms with van der Waals surface area (Å²) in [6, 6.07) is 10.1. The van der Waals surface area contributed by atoms with Gasteiger partial charge in [0.2, 0.25) is 0 Å². The number of rotatable bonds is 7. The predicted molar refractivity (Wildman–Crippen MR) is 82.0 cm³/mol. The van der Waals surface area contributed by atoms with Gasteiger partial charge in [0.05, 0.1) is 18.7 Å². The summed E-state index contributed by atoms with van der Waals surface area (Å²) in [6.07, 6.45) is 5.00. The summed E-state index contributed by atoms with van der Waals surface area (Å²) in [6.45, 7) is 2.63. The number of hydrogen-bond acceptors (Lipinski definition) is 4. The van der Waals surface area contributed by atoms with Crippen LogP contribution in [-0.4, -0.2) is 16.2 Å². The molecule has 0 saturated heterocycles. The van der Waals surface area contributed by atoms with Gasteiger partial charge in [0, 0.05) is 37.6 Å². The molecule has 0 spiro atoms. The van der Waals surface area contributed by atoms with Crippen LogP contribution in [0.2, 0.25) is 0 Å². The Labute approximate surface area is 125 Å². The van der Waals surface area contributed by atoms with Crippen molar-refractivity contribution in [2.75, 3.05) is 11.9 Å². The van der Waals surface area contributed by atoms with E-state index in [4.69, 9.17) is 10.00 Å². The van der Waals surface area contributed by atoms with Crippen molar-refractivity contribution in [1.29, 1.82) is 5.26 Å². The van der Waals surface area contributed by atoms with Crippen molar-refractivity contribution in [3.05, 3.63) is 42.5 Å². The number of nitrogens with one attached hydrogen (secondary N) is 1. The van der Waals surface area contributed by atoms with Gasteiger partial charge in [-0.2, -0.15) is 5.26 Å². The maximum Gasteiger partial charge on any atom is 0.130 e. The van der Waals surface area contributed by atoms with Crippen molar-refractivity contribution in [3.63, 3.8) is 0 Å². The van der Waals surface area contributed by atoms with Crippen LogP contribution in [0.25, 0.3) is 0 Å². The SMILES string of the molecule is CC(Nc1cccc(OCCCC#N)c1)c1nccn1C. The van der Waals surface area contributed by atoms with E-state index in [9.17, 15) is 0 Å². The quantitative estimate of drug-likeness (QED) is 0.793. The molecule has 2 rings (SSSR count). The monoisotopic (exact) mass is 284 g/mol. The molecule has 5 heteroatoms. The second kappa shape index (κ2) is 7.34. The van der Waals surface area contributed by atoms with Crippen molar-refractivity contribution in [2.45, 2.75) is 25.8 Å². The molecule has 0 aliphatic carbocycles. The van der Waals surface area contributed by atoms with E-state index in [1.165, 1.54) is 0 Å². The van der Waals surface area contributed by atoms with Gasteiger partial charge in [0.15, 0.2) is 0 Å². The maximum atomic E-state index is 8.50. The highest BCUT2D eigenvalue weighted by atomic mass is 16.5. The van der Waals surface area contributed by atoms with Crippen molar-refractivity contribution >= 4 is 5.69 Å². The lowest BCUT2D eigenvalue weighted by Crippen LogP contribution is -2.11. The van der Waals surface area contributed by atoms with Gasteiger partial charge in [-0.3, -0.25) is 0 Å². The number of anilines is 1. The molecule has 0 aliphatic rings. The number of nitriles is 1. The van der Waals surface area contributed by atoms with Gasteiger partial charge in [-0.05, 0) is 25.5 Å². The van der Waals surface area contributed by atoms with Crippen molar-refractivity contribution in [3.8, 4) is 11.8 Å². The zero-order chi connectivity index (χ0) is 15.1. The lowest BCUT2D eigenvalue weighted by molar-refractivity contribution is 0.313. The third-order valence-electron chi connectivity index (χ3n) is 3.16. The molecule has 110 valence electrons. The number of benzene rings is 1. The molecule has 0 bridgehead atoms. The number of aromatic nitrogens is 2. The Morgan fingerprint density at radius 2 is 2.33 bits per heavy atom. The van der Waals surface area contributed by atoms with Crippen molar-refractivity contribution in [2.24, 2.45) is 7.05 Å². The van der Waals surface area contributed by atoms with E-state index in [2.05, 4.69) is 23.3 Å². The number of imidazole rings is 1. The van der Waals surface area contributed by atoms with Crippen LogP contribution in [0.1, 0.15) is 31.6 Å². The summed E-state index contributed by atoms with van der Waals surface area (Å²) >= 11 is 0. The highest BCUT2D eigenvalue weighted by molar-refractivity contribution is 5.49. The molecular formula is C16H20N4O. The van der Waals surface area contributed by atoms with Crippen LogP contribution in [0.15, 0.2) is 36.7 Å². The number of ether oxygens (including phenoxy) is 1. The lowest BCUT2D eigenvalue weighted by atomic mass is 10.2. The standard InChI is InChI=1S/C16H20N4O/c1-13(16-18-9-10-20(16)2)19-14-6-5-7-15(12-14)21-11-4-3-8-17/h5-7,9-10,12-13,19H,3-4,11H2,1-2H3. The van der Waals surface area contributed by atoms with Crippen molar-refractivity contribution in [1.82, 2.24) is 9.55 Å². The Kier molecular flexibility index (Phi) is 5.22. The highest BCUT2D eigenvalue weighted by Gasteiger charge is 2.10. The number of hydrogen-bond donors (Lipinski definition) is 1. The summed E-state index contributed by atoms with van der Waals surface area (Å²) in [5.74, 6) is 1.79. The fraction of sp³-hybridized carbons (Fsp3) is 0.375. The molecule has 1 aromatic heterocycles. The van der Waals surface area contributed by atoms with Crippen LogP contribution in [0.4, 0.5) is 5.69 Å². The smallest absolute Gasteiger partial charge is 0.130 e. The van der Waals surface area contributed by atoms with Crippen LogP contribution in [0.5, 0.6) is 5.75 Å². The third kappa shape index (κ3) is 4.25. The van der Waals surface area contributed by atoms with Crippen LogP contribution in [-0.2, 0) is 7.05 Å². The molecule has 1 N–H and O–H groups in total. The van der Waals surface area contributed by atoms with E-state index in [0.717, 1.165) is 23.7 Å². The van der Waals surface area contributed by atoms with E-state index in [1.54, 1.807) is 6.20 Å². The Bertz CT molecular complexity index is 615. The van der Waals surface area contributed by atoms with Gasteiger partial charge in [-0.25, -0.2) is 4.98 Å². The molecule has 0 radical (unpaired) electrons. The zero-order valence-corrected chi connectivity index (χ0v) is 12.4. The van der Waals surface area contributed by atoms with Gasteiger partial charge in [0.1, 0.15) is 11.6 Å². The summed E-state index contributed by atoms with van der Waals surface area (Å²) in [5, 5.41) is 11.9. The largest absolute Gasteiger partial charge is 0.493 e. The second-order valence-electron chi connectivity index (χ2n) is 4.90. The van der Waals surface area contributed by atoms with Crippen LogP contribution in [0, 0.1) is 11.3 Å². The molecule has 5 nitrogen and oxygen atoms in total.